The summed E-state index contributed by atoms with van der Waals surface area (Å²) in [5, 5.41) is 11.5. The molecule has 1 fully saturated rings. The van der Waals surface area contributed by atoms with E-state index in [4.69, 9.17) is 9.47 Å². The van der Waals surface area contributed by atoms with Crippen molar-refractivity contribution in [2.75, 3.05) is 19.0 Å². The van der Waals surface area contributed by atoms with Crippen molar-refractivity contribution in [1.82, 2.24) is 4.90 Å². The Hall–Kier alpha value is -3.82. The largest absolute Gasteiger partial charge is 0.493 e. The van der Waals surface area contributed by atoms with E-state index < -0.39 is 17.1 Å². The van der Waals surface area contributed by atoms with E-state index >= 15 is 0 Å². The van der Waals surface area contributed by atoms with Crippen molar-refractivity contribution in [1.29, 1.82) is 5.26 Å². The van der Waals surface area contributed by atoms with Gasteiger partial charge < -0.3 is 14.8 Å². The molecular weight excluding hydrogens is 617 g/mol. The number of thioether (sulfide) groups is 1. The monoisotopic (exact) mass is 639 g/mol. The number of rotatable bonds is 8. The maximum absolute atomic E-state index is 12.9. The first-order chi connectivity index (χ1) is 18.3. The van der Waals surface area contributed by atoms with Crippen molar-refractivity contribution in [3.63, 3.8) is 0 Å². The number of hydrogen-bond donors (Lipinski definition) is 1. The van der Waals surface area contributed by atoms with Crippen molar-refractivity contribution < 1.29 is 23.9 Å². The van der Waals surface area contributed by atoms with Gasteiger partial charge in [-0.3, -0.25) is 19.3 Å². The van der Waals surface area contributed by atoms with Gasteiger partial charge in [-0.05, 0) is 83.2 Å². The number of nitrogens with zero attached hydrogens (tertiary/aromatic N) is 2. The third kappa shape index (κ3) is 6.35. The van der Waals surface area contributed by atoms with E-state index in [1.807, 2.05) is 31.2 Å². The van der Waals surface area contributed by atoms with E-state index in [9.17, 15) is 19.6 Å². The lowest BCUT2D eigenvalue weighted by Gasteiger charge is -2.14. The van der Waals surface area contributed by atoms with Crippen molar-refractivity contribution in [3.05, 3.63) is 91.4 Å². The highest BCUT2D eigenvalue weighted by atomic mass is 127. The number of nitrogens with one attached hydrogen (secondary N) is 1. The standard InChI is InChI=1S/C28H22IN3O5S/c1-17-7-9-21(10-8-17)31-25(33)15-32-27(34)24(38-28(32)35)13-18-11-22(29)26(23(12-18)36-2)37-16-20-6-4-3-5-19(20)14-30/h3-13H,15-16H2,1-2H3,(H,31,33)/b24-13+. The van der Waals surface area contributed by atoms with Crippen molar-refractivity contribution >= 4 is 63.2 Å². The average molecular weight is 639 g/mol. The number of aryl methyl sites for hydroxylation is 1. The second kappa shape index (κ2) is 12.1. The van der Waals surface area contributed by atoms with Crippen LogP contribution in [0.5, 0.6) is 11.5 Å². The minimum Gasteiger partial charge on any atom is -0.493 e. The number of hydrogen-bond acceptors (Lipinski definition) is 7. The number of carbonyl (C=O) groups excluding carboxylic acids is 3. The van der Waals surface area contributed by atoms with Gasteiger partial charge in [0.1, 0.15) is 13.2 Å². The molecule has 4 rings (SSSR count). The summed E-state index contributed by atoms with van der Waals surface area (Å²) in [4.78, 5) is 39.0. The molecule has 1 aliphatic heterocycles. The molecule has 38 heavy (non-hydrogen) atoms. The lowest BCUT2D eigenvalue weighted by atomic mass is 10.1. The fourth-order valence-electron chi connectivity index (χ4n) is 3.64. The summed E-state index contributed by atoms with van der Waals surface area (Å²) in [5.74, 6) is -0.0669. The van der Waals surface area contributed by atoms with Crippen LogP contribution in [-0.2, 0) is 16.2 Å². The van der Waals surface area contributed by atoms with Gasteiger partial charge in [-0.25, -0.2) is 0 Å². The molecule has 10 heteroatoms. The van der Waals surface area contributed by atoms with E-state index in [0.717, 1.165) is 31.4 Å². The first kappa shape index (κ1) is 27.2. The molecule has 0 bridgehead atoms. The second-order valence-electron chi connectivity index (χ2n) is 8.27. The quantitative estimate of drug-likeness (QED) is 0.248. The molecule has 0 radical (unpaired) electrons. The van der Waals surface area contributed by atoms with Gasteiger partial charge in [0, 0.05) is 11.3 Å². The molecule has 3 amide bonds. The van der Waals surface area contributed by atoms with Crippen LogP contribution in [0.4, 0.5) is 10.5 Å². The van der Waals surface area contributed by atoms with E-state index in [1.54, 1.807) is 42.5 Å². The third-order valence-corrected chi connectivity index (χ3v) is 7.28. The predicted molar refractivity (Wildman–Crippen MR) is 154 cm³/mol. The number of methoxy groups -OCH3 is 1. The maximum atomic E-state index is 12.9. The van der Waals surface area contributed by atoms with E-state index in [2.05, 4.69) is 34.0 Å². The second-order valence-corrected chi connectivity index (χ2v) is 10.4. The Morgan fingerprint density at radius 3 is 2.61 bits per heavy atom. The van der Waals surface area contributed by atoms with Crippen LogP contribution in [0.25, 0.3) is 6.08 Å². The normalized spacial score (nSPS) is 13.9. The Labute approximate surface area is 237 Å². The minimum atomic E-state index is -0.540. The first-order valence-corrected chi connectivity index (χ1v) is 13.3. The van der Waals surface area contributed by atoms with Crippen molar-refractivity contribution in [3.8, 4) is 17.6 Å². The number of amides is 3. The topological polar surface area (TPSA) is 109 Å². The molecule has 1 N–H and O–H groups in total. The molecule has 3 aromatic rings. The molecule has 3 aromatic carbocycles. The number of benzene rings is 3. The highest BCUT2D eigenvalue weighted by Crippen LogP contribution is 2.37. The van der Waals surface area contributed by atoms with Crippen LogP contribution in [0.3, 0.4) is 0 Å². The Morgan fingerprint density at radius 2 is 1.89 bits per heavy atom. The van der Waals surface area contributed by atoms with E-state index in [0.29, 0.717) is 28.3 Å². The Kier molecular flexibility index (Phi) is 8.70. The molecule has 1 saturated heterocycles. The molecule has 0 spiro atoms. The summed E-state index contributed by atoms with van der Waals surface area (Å²) >= 11 is 2.88. The molecule has 0 atom stereocenters. The summed E-state index contributed by atoms with van der Waals surface area (Å²) in [6.07, 6.45) is 1.59. The summed E-state index contributed by atoms with van der Waals surface area (Å²) in [7, 11) is 1.51. The van der Waals surface area contributed by atoms with Crippen molar-refractivity contribution in [2.45, 2.75) is 13.5 Å². The van der Waals surface area contributed by atoms with Gasteiger partial charge in [-0.15, -0.1) is 0 Å². The van der Waals surface area contributed by atoms with Gasteiger partial charge in [-0.2, -0.15) is 5.26 Å². The number of carbonyl (C=O) groups is 3. The molecule has 1 heterocycles. The lowest BCUT2D eigenvalue weighted by molar-refractivity contribution is -0.127. The number of halogens is 1. The predicted octanol–water partition coefficient (Wildman–Crippen LogP) is 5.73. The zero-order valence-electron chi connectivity index (χ0n) is 20.5. The number of ether oxygens (including phenoxy) is 2. The average Bonchev–Trinajstić information content (AvgIpc) is 3.16. The van der Waals surface area contributed by atoms with Crippen LogP contribution < -0.4 is 14.8 Å². The Bertz CT molecular complexity index is 1480. The third-order valence-electron chi connectivity index (χ3n) is 5.57. The molecule has 0 aromatic heterocycles. The van der Waals surface area contributed by atoms with Crippen LogP contribution in [0.2, 0.25) is 0 Å². The number of imide groups is 1. The zero-order chi connectivity index (χ0) is 27.2. The molecule has 192 valence electrons. The highest BCUT2D eigenvalue weighted by Gasteiger charge is 2.36. The molecule has 0 unspecified atom stereocenters. The maximum Gasteiger partial charge on any atom is 0.294 e. The summed E-state index contributed by atoms with van der Waals surface area (Å²) in [6.45, 7) is 1.73. The van der Waals surface area contributed by atoms with E-state index in [1.165, 1.54) is 7.11 Å². The Morgan fingerprint density at radius 1 is 1.16 bits per heavy atom. The van der Waals surface area contributed by atoms with Crippen molar-refractivity contribution in [2.24, 2.45) is 0 Å². The van der Waals surface area contributed by atoms with Gasteiger partial charge in [0.15, 0.2) is 11.5 Å². The number of nitriles is 1. The van der Waals surface area contributed by atoms with Gasteiger partial charge in [0.2, 0.25) is 5.91 Å². The van der Waals surface area contributed by atoms with Gasteiger partial charge in [0.05, 0.1) is 27.2 Å². The lowest BCUT2D eigenvalue weighted by Crippen LogP contribution is -2.36. The van der Waals surface area contributed by atoms with E-state index in [-0.39, 0.29) is 18.1 Å². The van der Waals surface area contributed by atoms with Crippen LogP contribution in [0.15, 0.2) is 65.6 Å². The fourth-order valence-corrected chi connectivity index (χ4v) is 5.26. The molecule has 0 saturated carbocycles. The molecule has 0 aliphatic carbocycles. The highest BCUT2D eigenvalue weighted by molar-refractivity contribution is 14.1. The molecule has 1 aliphatic rings. The summed E-state index contributed by atoms with van der Waals surface area (Å²) in [6, 6.07) is 20.0. The smallest absolute Gasteiger partial charge is 0.294 e. The van der Waals surface area contributed by atoms with Crippen LogP contribution in [0, 0.1) is 21.8 Å². The van der Waals surface area contributed by atoms with Crippen LogP contribution in [0.1, 0.15) is 22.3 Å². The fraction of sp³-hybridized carbons (Fsp3) is 0.143. The van der Waals surface area contributed by atoms with Crippen LogP contribution in [-0.4, -0.2) is 35.6 Å². The zero-order valence-corrected chi connectivity index (χ0v) is 23.5. The van der Waals surface area contributed by atoms with Gasteiger partial charge in [0.25, 0.3) is 11.1 Å². The van der Waals surface area contributed by atoms with Crippen LogP contribution >= 0.6 is 34.4 Å². The number of anilines is 1. The minimum absolute atomic E-state index is 0.180. The molecule has 8 nitrogen and oxygen atoms in total. The molecular formula is C28H22IN3O5S. The summed E-state index contributed by atoms with van der Waals surface area (Å²) < 4.78 is 12.2. The SMILES string of the molecule is COc1cc(/C=C2/SC(=O)N(CC(=O)Nc3ccc(C)cc3)C2=O)cc(I)c1OCc1ccccc1C#N. The Balaban J connectivity index is 1.48. The first-order valence-electron chi connectivity index (χ1n) is 11.4. The summed E-state index contributed by atoms with van der Waals surface area (Å²) in [5.41, 5.74) is 3.54. The van der Waals surface area contributed by atoms with Gasteiger partial charge >= 0.3 is 0 Å². The van der Waals surface area contributed by atoms with Gasteiger partial charge in [-0.1, -0.05) is 35.9 Å².